The normalized spacial score (nSPS) is 20.5. The fraction of sp³-hybridized carbons (Fsp3) is 0.611. The van der Waals surface area contributed by atoms with Crippen molar-refractivity contribution in [3.05, 3.63) is 29.8 Å². The number of amides is 1. The van der Waals surface area contributed by atoms with E-state index in [0.29, 0.717) is 44.3 Å². The van der Waals surface area contributed by atoms with Crippen LogP contribution in [-0.4, -0.2) is 61.5 Å². The molecule has 1 aromatic carbocycles. The molecule has 0 N–H and O–H groups in total. The first-order valence-electron chi connectivity index (χ1n) is 8.73. The third-order valence-electron chi connectivity index (χ3n) is 5.12. The molecule has 2 heterocycles. The molecule has 0 unspecified atom stereocenters. The topological polar surface area (TPSA) is 26.8 Å². The number of benzene rings is 1. The van der Waals surface area contributed by atoms with Crippen LogP contribution in [0.25, 0.3) is 0 Å². The molecule has 1 aromatic rings. The number of likely N-dealkylation sites (tertiary alicyclic amines) is 1. The van der Waals surface area contributed by atoms with Crippen molar-refractivity contribution in [2.45, 2.75) is 19.8 Å². The molecule has 1 amide bonds. The van der Waals surface area contributed by atoms with Crippen LogP contribution in [-0.2, 0) is 4.79 Å². The molecule has 4 nitrogen and oxygen atoms in total. The highest BCUT2D eigenvalue weighted by Crippen LogP contribution is 2.22. The van der Waals surface area contributed by atoms with Gasteiger partial charge in [-0.15, -0.1) is 0 Å². The number of rotatable bonds is 3. The van der Waals surface area contributed by atoms with Gasteiger partial charge in [-0.3, -0.25) is 9.69 Å². The highest BCUT2D eigenvalue weighted by atomic mass is 19.1. The lowest BCUT2D eigenvalue weighted by molar-refractivity contribution is -0.133. The number of hydrogen-bond acceptors (Lipinski definition) is 3. The molecule has 0 aliphatic carbocycles. The summed E-state index contributed by atoms with van der Waals surface area (Å²) in [5.74, 6) is -0.176. The molecule has 0 saturated carbocycles. The van der Waals surface area contributed by atoms with Gasteiger partial charge in [0.25, 0.3) is 0 Å². The Morgan fingerprint density at radius 2 is 1.75 bits per heavy atom. The van der Waals surface area contributed by atoms with Gasteiger partial charge in [0, 0.05) is 45.3 Å². The van der Waals surface area contributed by atoms with Gasteiger partial charge in [0.15, 0.2) is 0 Å². The largest absolute Gasteiger partial charge is 0.367 e. The molecule has 24 heavy (non-hydrogen) atoms. The number of halogens is 2. The zero-order valence-corrected chi connectivity index (χ0v) is 14.2. The fourth-order valence-electron chi connectivity index (χ4n) is 3.43. The van der Waals surface area contributed by atoms with Crippen LogP contribution >= 0.6 is 0 Å². The van der Waals surface area contributed by atoms with Crippen LogP contribution < -0.4 is 4.90 Å². The second kappa shape index (κ2) is 7.47. The van der Waals surface area contributed by atoms with E-state index in [9.17, 15) is 13.6 Å². The molecule has 2 aliphatic heterocycles. The van der Waals surface area contributed by atoms with Crippen molar-refractivity contribution in [3.63, 3.8) is 0 Å². The molecule has 2 fully saturated rings. The smallest absolute Gasteiger partial charge is 0.236 e. The van der Waals surface area contributed by atoms with Gasteiger partial charge in [-0.2, -0.15) is 0 Å². The second-order valence-corrected chi connectivity index (χ2v) is 6.92. The summed E-state index contributed by atoms with van der Waals surface area (Å²) in [4.78, 5) is 18.4. The zero-order chi connectivity index (χ0) is 17.1. The maximum Gasteiger partial charge on any atom is 0.236 e. The molecule has 0 radical (unpaired) electrons. The Morgan fingerprint density at radius 1 is 1.08 bits per heavy atom. The van der Waals surface area contributed by atoms with Crippen molar-refractivity contribution < 1.29 is 13.6 Å². The van der Waals surface area contributed by atoms with E-state index in [1.54, 1.807) is 0 Å². The minimum atomic E-state index is -0.559. The van der Waals surface area contributed by atoms with Gasteiger partial charge < -0.3 is 9.80 Å². The van der Waals surface area contributed by atoms with E-state index < -0.39 is 11.6 Å². The van der Waals surface area contributed by atoms with Crippen LogP contribution in [0.4, 0.5) is 14.5 Å². The molecule has 3 rings (SSSR count). The molecule has 2 saturated heterocycles. The summed E-state index contributed by atoms with van der Waals surface area (Å²) < 4.78 is 26.9. The average Bonchev–Trinajstić information content (AvgIpc) is 2.56. The monoisotopic (exact) mass is 337 g/mol. The van der Waals surface area contributed by atoms with Crippen molar-refractivity contribution in [1.82, 2.24) is 9.80 Å². The van der Waals surface area contributed by atoms with Gasteiger partial charge in [-0.1, -0.05) is 6.92 Å². The minimum Gasteiger partial charge on any atom is -0.367 e. The summed E-state index contributed by atoms with van der Waals surface area (Å²) >= 11 is 0. The first kappa shape index (κ1) is 17.1. The van der Waals surface area contributed by atoms with E-state index in [0.717, 1.165) is 32.0 Å². The van der Waals surface area contributed by atoms with E-state index in [1.165, 1.54) is 12.1 Å². The molecule has 0 spiro atoms. The van der Waals surface area contributed by atoms with Gasteiger partial charge in [-0.05, 0) is 30.9 Å². The standard InChI is InChI=1S/C18H25F2N3O/c1-14-4-6-23(7-5-14)18(24)13-21-8-10-22(11-9-21)17-3-2-15(19)12-16(17)20/h2-3,12,14H,4-11,13H2,1H3. The number of hydrogen-bond donors (Lipinski definition) is 0. The van der Waals surface area contributed by atoms with Crippen LogP contribution in [0.5, 0.6) is 0 Å². The van der Waals surface area contributed by atoms with Gasteiger partial charge >= 0.3 is 0 Å². The zero-order valence-electron chi connectivity index (χ0n) is 14.2. The summed E-state index contributed by atoms with van der Waals surface area (Å²) in [6, 6.07) is 3.69. The molecule has 2 aliphatic rings. The predicted molar refractivity (Wildman–Crippen MR) is 90.0 cm³/mol. The number of piperidine rings is 1. The Morgan fingerprint density at radius 3 is 2.38 bits per heavy atom. The van der Waals surface area contributed by atoms with Gasteiger partial charge in [0.05, 0.1) is 12.2 Å². The lowest BCUT2D eigenvalue weighted by atomic mass is 9.99. The number of carbonyl (C=O) groups excluding carboxylic acids is 1. The summed E-state index contributed by atoms with van der Waals surface area (Å²) in [5.41, 5.74) is 0.437. The Labute approximate surface area is 142 Å². The molecule has 132 valence electrons. The number of nitrogens with zero attached hydrogens (tertiary/aromatic N) is 3. The third-order valence-corrected chi connectivity index (χ3v) is 5.12. The van der Waals surface area contributed by atoms with E-state index in [-0.39, 0.29) is 5.91 Å². The van der Waals surface area contributed by atoms with Crippen molar-refractivity contribution in [1.29, 1.82) is 0 Å². The molecule has 0 aromatic heterocycles. The number of piperazine rings is 1. The van der Waals surface area contributed by atoms with E-state index in [2.05, 4.69) is 11.8 Å². The molecule has 0 bridgehead atoms. The van der Waals surface area contributed by atoms with Crippen molar-refractivity contribution in [3.8, 4) is 0 Å². The highest BCUT2D eigenvalue weighted by Gasteiger charge is 2.25. The summed E-state index contributed by atoms with van der Waals surface area (Å²) in [5, 5.41) is 0. The van der Waals surface area contributed by atoms with E-state index in [4.69, 9.17) is 0 Å². The Bertz CT molecular complexity index is 580. The first-order chi connectivity index (χ1) is 11.5. The van der Waals surface area contributed by atoms with Crippen LogP contribution in [0.2, 0.25) is 0 Å². The van der Waals surface area contributed by atoms with Gasteiger partial charge in [0.1, 0.15) is 11.6 Å². The predicted octanol–water partition coefficient (Wildman–Crippen LogP) is 2.35. The Kier molecular flexibility index (Phi) is 5.33. The number of anilines is 1. The van der Waals surface area contributed by atoms with Crippen LogP contribution in [0.1, 0.15) is 19.8 Å². The fourth-order valence-corrected chi connectivity index (χ4v) is 3.43. The van der Waals surface area contributed by atoms with E-state index in [1.807, 2.05) is 9.80 Å². The molecular formula is C18H25F2N3O. The summed E-state index contributed by atoms with van der Waals surface area (Å²) in [6.07, 6.45) is 2.17. The van der Waals surface area contributed by atoms with Crippen molar-refractivity contribution >= 4 is 11.6 Å². The molecular weight excluding hydrogens is 312 g/mol. The van der Waals surface area contributed by atoms with Crippen molar-refractivity contribution in [2.24, 2.45) is 5.92 Å². The average molecular weight is 337 g/mol. The maximum absolute atomic E-state index is 13.9. The van der Waals surface area contributed by atoms with Gasteiger partial charge in [-0.25, -0.2) is 8.78 Å². The minimum absolute atomic E-state index is 0.198. The third kappa shape index (κ3) is 4.04. The quantitative estimate of drug-likeness (QED) is 0.847. The first-order valence-corrected chi connectivity index (χ1v) is 8.73. The van der Waals surface area contributed by atoms with Crippen LogP contribution in [0.3, 0.4) is 0 Å². The van der Waals surface area contributed by atoms with Crippen LogP contribution in [0.15, 0.2) is 18.2 Å². The number of carbonyl (C=O) groups is 1. The Balaban J connectivity index is 1.49. The summed E-state index contributed by atoms with van der Waals surface area (Å²) in [6.45, 7) is 7.12. The SMILES string of the molecule is CC1CCN(C(=O)CN2CCN(c3ccc(F)cc3F)CC2)CC1. The van der Waals surface area contributed by atoms with Gasteiger partial charge in [0.2, 0.25) is 5.91 Å². The second-order valence-electron chi connectivity index (χ2n) is 6.92. The summed E-state index contributed by atoms with van der Waals surface area (Å²) in [7, 11) is 0. The van der Waals surface area contributed by atoms with E-state index >= 15 is 0 Å². The molecule has 6 heteroatoms. The van der Waals surface area contributed by atoms with Crippen molar-refractivity contribution in [2.75, 3.05) is 50.7 Å². The lowest BCUT2D eigenvalue weighted by Gasteiger charge is -2.37. The Hall–Kier alpha value is -1.69. The highest BCUT2D eigenvalue weighted by molar-refractivity contribution is 5.78. The lowest BCUT2D eigenvalue weighted by Crippen LogP contribution is -2.51. The van der Waals surface area contributed by atoms with Crippen LogP contribution in [0, 0.1) is 17.6 Å². The maximum atomic E-state index is 13.9. The molecule has 0 atom stereocenters.